The first-order valence-electron chi connectivity index (χ1n) is 9.75. The fraction of sp³-hybridized carbons (Fsp3) is 0.409. The Kier molecular flexibility index (Phi) is 5.15. The number of benzene rings is 2. The molecule has 1 spiro atoms. The molecule has 1 unspecified atom stereocenters. The largest absolute Gasteiger partial charge is 0.491 e. The third kappa shape index (κ3) is 4.07. The summed E-state index contributed by atoms with van der Waals surface area (Å²) in [6, 6.07) is 17.9. The maximum atomic E-state index is 12.4. The number of nitrogens with one attached hydrogen (secondary N) is 1. The number of para-hydroxylation sites is 1. The van der Waals surface area contributed by atoms with Gasteiger partial charge in [-0.25, -0.2) is 8.42 Å². The number of carbonyl (C=O) groups is 1. The molecule has 148 valence electrons. The molecule has 4 rings (SSSR count). The molecule has 1 atom stereocenters. The highest BCUT2D eigenvalue weighted by atomic mass is 32.2. The fourth-order valence-electron chi connectivity index (χ4n) is 4.12. The van der Waals surface area contributed by atoms with Gasteiger partial charge in [0.25, 0.3) is 0 Å². The number of hydrogen-bond acceptors (Lipinski definition) is 4. The lowest BCUT2D eigenvalue weighted by atomic mass is 9.96. The Balaban J connectivity index is 1.27. The molecule has 1 saturated heterocycles. The molecular formula is C22H25NO4S. The van der Waals surface area contributed by atoms with Crippen LogP contribution in [0.15, 0.2) is 54.6 Å². The first kappa shape index (κ1) is 19.0. The van der Waals surface area contributed by atoms with Gasteiger partial charge in [0.15, 0.2) is 0 Å². The molecule has 2 aromatic rings. The van der Waals surface area contributed by atoms with Gasteiger partial charge in [-0.05, 0) is 36.3 Å². The van der Waals surface area contributed by atoms with Crippen LogP contribution in [0.2, 0.25) is 0 Å². The number of ether oxygens (including phenoxy) is 1. The summed E-state index contributed by atoms with van der Waals surface area (Å²) in [5, 5.41) is 2.95. The summed E-state index contributed by atoms with van der Waals surface area (Å²) in [7, 11) is -2.89. The maximum absolute atomic E-state index is 12.4. The van der Waals surface area contributed by atoms with Crippen molar-refractivity contribution in [2.24, 2.45) is 11.3 Å². The second-order valence-corrected chi connectivity index (χ2v) is 10.1. The minimum atomic E-state index is -2.89. The monoisotopic (exact) mass is 399 g/mol. The molecule has 1 aliphatic carbocycles. The van der Waals surface area contributed by atoms with Crippen molar-refractivity contribution in [3.05, 3.63) is 54.6 Å². The smallest absolute Gasteiger partial charge is 0.223 e. The van der Waals surface area contributed by atoms with Gasteiger partial charge in [0.1, 0.15) is 22.2 Å². The molecule has 1 N–H and O–H groups in total. The molecule has 1 heterocycles. The van der Waals surface area contributed by atoms with E-state index in [1.165, 1.54) is 0 Å². The van der Waals surface area contributed by atoms with Crippen LogP contribution in [0.1, 0.15) is 19.3 Å². The number of sulfone groups is 1. The summed E-state index contributed by atoms with van der Waals surface area (Å²) < 4.78 is 29.1. The van der Waals surface area contributed by atoms with Crippen LogP contribution in [-0.2, 0) is 14.6 Å². The minimum Gasteiger partial charge on any atom is -0.491 e. The highest BCUT2D eigenvalue weighted by Gasteiger charge is 2.59. The van der Waals surface area contributed by atoms with Crippen LogP contribution in [0.25, 0.3) is 11.1 Å². The van der Waals surface area contributed by atoms with E-state index in [9.17, 15) is 13.2 Å². The van der Waals surface area contributed by atoms with Gasteiger partial charge in [-0.3, -0.25) is 4.79 Å². The first-order valence-corrected chi connectivity index (χ1v) is 11.6. The van der Waals surface area contributed by atoms with E-state index in [1.807, 2.05) is 54.6 Å². The van der Waals surface area contributed by atoms with Crippen molar-refractivity contribution in [2.75, 3.05) is 24.7 Å². The predicted molar refractivity (Wildman–Crippen MR) is 109 cm³/mol. The van der Waals surface area contributed by atoms with E-state index in [4.69, 9.17) is 4.74 Å². The van der Waals surface area contributed by atoms with Crippen LogP contribution in [0.5, 0.6) is 5.75 Å². The third-order valence-corrected chi connectivity index (χ3v) is 7.61. The Morgan fingerprint density at radius 2 is 1.71 bits per heavy atom. The Labute approximate surface area is 166 Å². The Bertz CT molecular complexity index is 942. The van der Waals surface area contributed by atoms with Gasteiger partial charge in [0, 0.05) is 11.5 Å². The van der Waals surface area contributed by atoms with Crippen molar-refractivity contribution in [2.45, 2.75) is 19.3 Å². The standard InChI is InChI=1S/C22H25NO4S/c24-21(19-16-22(19)10-14-28(25,26)15-11-22)23-12-13-27-20-9-5-4-8-18(20)17-6-2-1-3-7-17/h1-9,19H,10-16H2,(H,23,24). The Hall–Kier alpha value is -2.34. The van der Waals surface area contributed by atoms with Crippen molar-refractivity contribution in [3.63, 3.8) is 0 Å². The highest BCUT2D eigenvalue weighted by Crippen LogP contribution is 2.59. The van der Waals surface area contributed by atoms with Gasteiger partial charge in [-0.1, -0.05) is 48.5 Å². The summed E-state index contributed by atoms with van der Waals surface area (Å²) in [5.41, 5.74) is 2.05. The lowest BCUT2D eigenvalue weighted by Gasteiger charge is -2.22. The maximum Gasteiger partial charge on any atom is 0.223 e. The molecule has 6 heteroatoms. The van der Waals surface area contributed by atoms with Crippen LogP contribution >= 0.6 is 0 Å². The van der Waals surface area contributed by atoms with Crippen LogP contribution < -0.4 is 10.1 Å². The summed E-state index contributed by atoms with van der Waals surface area (Å²) in [4.78, 5) is 12.4. The highest BCUT2D eigenvalue weighted by molar-refractivity contribution is 7.91. The summed E-state index contributed by atoms with van der Waals surface area (Å²) in [6.07, 6.45) is 2.05. The molecule has 2 fully saturated rings. The molecule has 1 saturated carbocycles. The van der Waals surface area contributed by atoms with E-state index >= 15 is 0 Å². The van der Waals surface area contributed by atoms with Crippen molar-refractivity contribution < 1.29 is 17.9 Å². The van der Waals surface area contributed by atoms with E-state index in [1.54, 1.807) is 0 Å². The van der Waals surface area contributed by atoms with Gasteiger partial charge < -0.3 is 10.1 Å². The number of hydrogen-bond donors (Lipinski definition) is 1. The SMILES string of the molecule is O=C(NCCOc1ccccc1-c1ccccc1)C1CC12CCS(=O)(=O)CC2. The molecule has 1 amide bonds. The average Bonchev–Trinajstić information content (AvgIpc) is 3.43. The number of rotatable bonds is 6. The van der Waals surface area contributed by atoms with Gasteiger partial charge in [0.05, 0.1) is 18.1 Å². The summed E-state index contributed by atoms with van der Waals surface area (Å²) in [5.74, 6) is 1.22. The van der Waals surface area contributed by atoms with Crippen LogP contribution in [0.4, 0.5) is 0 Å². The summed E-state index contributed by atoms with van der Waals surface area (Å²) >= 11 is 0. The molecule has 2 aromatic carbocycles. The lowest BCUT2D eigenvalue weighted by molar-refractivity contribution is -0.123. The second kappa shape index (κ2) is 7.59. The van der Waals surface area contributed by atoms with E-state index in [-0.39, 0.29) is 28.7 Å². The lowest BCUT2D eigenvalue weighted by Crippen LogP contribution is -2.33. The van der Waals surface area contributed by atoms with Gasteiger partial charge in [0.2, 0.25) is 5.91 Å². The van der Waals surface area contributed by atoms with E-state index in [0.29, 0.717) is 26.0 Å². The normalized spacial score (nSPS) is 21.8. The van der Waals surface area contributed by atoms with Crippen molar-refractivity contribution in [3.8, 4) is 16.9 Å². The summed E-state index contributed by atoms with van der Waals surface area (Å²) in [6.45, 7) is 0.830. The number of amides is 1. The van der Waals surface area contributed by atoms with Crippen molar-refractivity contribution in [1.29, 1.82) is 0 Å². The zero-order valence-corrected chi connectivity index (χ0v) is 16.6. The predicted octanol–water partition coefficient (Wildman–Crippen LogP) is 3.06. The molecular weight excluding hydrogens is 374 g/mol. The first-order chi connectivity index (χ1) is 13.5. The van der Waals surface area contributed by atoms with Crippen LogP contribution in [-0.4, -0.2) is 39.0 Å². The van der Waals surface area contributed by atoms with Gasteiger partial charge in [-0.15, -0.1) is 0 Å². The molecule has 2 aliphatic rings. The van der Waals surface area contributed by atoms with Crippen molar-refractivity contribution >= 4 is 15.7 Å². The Morgan fingerprint density at radius 3 is 2.46 bits per heavy atom. The van der Waals surface area contributed by atoms with E-state index < -0.39 is 9.84 Å². The molecule has 5 nitrogen and oxygen atoms in total. The molecule has 0 bridgehead atoms. The quantitative estimate of drug-likeness (QED) is 0.758. The zero-order chi connectivity index (χ0) is 19.6. The minimum absolute atomic E-state index is 0.0271. The van der Waals surface area contributed by atoms with Crippen LogP contribution in [0.3, 0.4) is 0 Å². The number of carbonyl (C=O) groups excluding carboxylic acids is 1. The topological polar surface area (TPSA) is 72.5 Å². The average molecular weight is 400 g/mol. The fourth-order valence-corrected chi connectivity index (χ4v) is 5.76. The van der Waals surface area contributed by atoms with E-state index in [2.05, 4.69) is 5.32 Å². The van der Waals surface area contributed by atoms with Crippen LogP contribution in [0, 0.1) is 11.3 Å². The zero-order valence-electron chi connectivity index (χ0n) is 15.8. The van der Waals surface area contributed by atoms with Gasteiger partial charge in [-0.2, -0.15) is 0 Å². The van der Waals surface area contributed by atoms with Crippen molar-refractivity contribution in [1.82, 2.24) is 5.32 Å². The van der Waals surface area contributed by atoms with E-state index in [0.717, 1.165) is 23.3 Å². The second-order valence-electron chi connectivity index (χ2n) is 7.77. The Morgan fingerprint density at radius 1 is 1.04 bits per heavy atom. The molecule has 28 heavy (non-hydrogen) atoms. The third-order valence-electron chi connectivity index (χ3n) is 5.96. The molecule has 0 radical (unpaired) electrons. The van der Waals surface area contributed by atoms with Gasteiger partial charge >= 0.3 is 0 Å². The molecule has 1 aliphatic heterocycles. The molecule has 0 aromatic heterocycles.